The molecule has 1 N–H and O–H groups in total. The molecule has 0 saturated heterocycles. The lowest BCUT2D eigenvalue weighted by molar-refractivity contribution is 0.198. The highest BCUT2D eigenvalue weighted by Gasteiger charge is 2.01. The summed E-state index contributed by atoms with van der Waals surface area (Å²) < 4.78 is 5.57. The summed E-state index contributed by atoms with van der Waals surface area (Å²) in [6.07, 6.45) is 2.72. The topological polar surface area (TPSA) is 29.5 Å². The van der Waals surface area contributed by atoms with Crippen molar-refractivity contribution in [3.05, 3.63) is 29.8 Å². The van der Waals surface area contributed by atoms with E-state index in [-0.39, 0.29) is 0 Å². The lowest BCUT2D eigenvalue weighted by Gasteiger charge is -2.09. The minimum atomic E-state index is -0.431. The predicted octanol–water partition coefficient (Wildman–Crippen LogP) is 2.87. The van der Waals surface area contributed by atoms with Crippen LogP contribution in [0.3, 0.4) is 0 Å². The van der Waals surface area contributed by atoms with E-state index in [9.17, 15) is 5.11 Å². The molecule has 0 heterocycles. The third kappa shape index (κ3) is 4.58. The monoisotopic (exact) mass is 226 g/mol. The van der Waals surface area contributed by atoms with Crippen LogP contribution in [0.4, 0.5) is 0 Å². The molecule has 0 saturated carbocycles. The Morgan fingerprint density at radius 3 is 2.93 bits per heavy atom. The summed E-state index contributed by atoms with van der Waals surface area (Å²) in [6.45, 7) is 2.50. The number of benzene rings is 1. The van der Waals surface area contributed by atoms with Crippen LogP contribution in [0.15, 0.2) is 24.3 Å². The van der Waals surface area contributed by atoms with E-state index in [4.69, 9.17) is 4.74 Å². The third-order valence-corrected chi connectivity index (χ3v) is 2.80. The van der Waals surface area contributed by atoms with Crippen LogP contribution in [0, 0.1) is 0 Å². The van der Waals surface area contributed by atoms with Crippen LogP contribution >= 0.6 is 11.8 Å². The second-order valence-electron chi connectivity index (χ2n) is 3.44. The molecule has 1 unspecified atom stereocenters. The van der Waals surface area contributed by atoms with Crippen molar-refractivity contribution < 1.29 is 9.84 Å². The van der Waals surface area contributed by atoms with Crippen LogP contribution in [0.2, 0.25) is 0 Å². The molecular formula is C12H18O2S. The molecule has 0 aromatic heterocycles. The van der Waals surface area contributed by atoms with E-state index < -0.39 is 6.10 Å². The van der Waals surface area contributed by atoms with E-state index in [1.165, 1.54) is 0 Å². The number of hydrogen-bond donors (Lipinski definition) is 1. The van der Waals surface area contributed by atoms with Gasteiger partial charge in [-0.05, 0) is 43.0 Å². The van der Waals surface area contributed by atoms with Crippen LogP contribution in [-0.2, 0) is 0 Å². The van der Waals surface area contributed by atoms with Crippen LogP contribution in [0.1, 0.15) is 25.0 Å². The highest BCUT2D eigenvalue weighted by atomic mass is 32.2. The maximum atomic E-state index is 9.40. The number of hydrogen-bond acceptors (Lipinski definition) is 3. The molecule has 0 radical (unpaired) electrons. The van der Waals surface area contributed by atoms with Crippen molar-refractivity contribution in [3.63, 3.8) is 0 Å². The fraction of sp³-hybridized carbons (Fsp3) is 0.500. The van der Waals surface area contributed by atoms with Crippen molar-refractivity contribution in [3.8, 4) is 5.75 Å². The first-order chi connectivity index (χ1) is 7.24. The molecule has 1 atom stereocenters. The van der Waals surface area contributed by atoms with E-state index >= 15 is 0 Å². The smallest absolute Gasteiger partial charge is 0.119 e. The number of ether oxygens (including phenoxy) is 1. The molecule has 0 aliphatic heterocycles. The van der Waals surface area contributed by atoms with E-state index in [1.807, 2.05) is 36.0 Å². The fourth-order valence-corrected chi connectivity index (χ4v) is 1.66. The Kier molecular flexibility index (Phi) is 5.58. The Morgan fingerprint density at radius 2 is 2.27 bits per heavy atom. The standard InChI is InChI=1S/C12H18O2S/c1-10(13)11-5-3-6-12(9-11)14-7-4-8-15-2/h3,5-6,9-10,13H,4,7-8H2,1-2H3. The second kappa shape index (κ2) is 6.75. The summed E-state index contributed by atoms with van der Waals surface area (Å²) in [5.74, 6) is 1.96. The molecule has 0 aliphatic rings. The summed E-state index contributed by atoms with van der Waals surface area (Å²) >= 11 is 1.82. The second-order valence-corrected chi connectivity index (χ2v) is 4.43. The zero-order valence-electron chi connectivity index (χ0n) is 9.27. The molecule has 84 valence electrons. The molecule has 0 aliphatic carbocycles. The molecule has 2 nitrogen and oxygen atoms in total. The largest absolute Gasteiger partial charge is 0.494 e. The van der Waals surface area contributed by atoms with Gasteiger partial charge in [0.25, 0.3) is 0 Å². The lowest BCUT2D eigenvalue weighted by atomic mass is 10.1. The number of aliphatic hydroxyl groups is 1. The van der Waals surface area contributed by atoms with Crippen LogP contribution < -0.4 is 4.74 Å². The van der Waals surface area contributed by atoms with Crippen molar-refractivity contribution in [2.45, 2.75) is 19.4 Å². The van der Waals surface area contributed by atoms with Gasteiger partial charge in [0.2, 0.25) is 0 Å². The van der Waals surface area contributed by atoms with Gasteiger partial charge in [0, 0.05) is 0 Å². The van der Waals surface area contributed by atoms with Gasteiger partial charge in [0.05, 0.1) is 12.7 Å². The molecule has 1 aromatic carbocycles. The van der Waals surface area contributed by atoms with Gasteiger partial charge in [-0.1, -0.05) is 12.1 Å². The van der Waals surface area contributed by atoms with Crippen LogP contribution in [-0.4, -0.2) is 23.7 Å². The Bertz CT molecular complexity index is 287. The maximum absolute atomic E-state index is 9.40. The summed E-state index contributed by atoms with van der Waals surface area (Å²) in [6, 6.07) is 7.63. The van der Waals surface area contributed by atoms with Crippen LogP contribution in [0.5, 0.6) is 5.75 Å². The Balaban J connectivity index is 2.43. The summed E-state index contributed by atoms with van der Waals surface area (Å²) in [7, 11) is 0. The Morgan fingerprint density at radius 1 is 1.47 bits per heavy atom. The SMILES string of the molecule is CSCCCOc1cccc(C(C)O)c1. The van der Waals surface area contributed by atoms with Crippen molar-refractivity contribution in [1.29, 1.82) is 0 Å². The van der Waals surface area contributed by atoms with Gasteiger partial charge in [0.1, 0.15) is 5.75 Å². The van der Waals surface area contributed by atoms with Crippen molar-refractivity contribution >= 4 is 11.8 Å². The molecule has 3 heteroatoms. The zero-order valence-corrected chi connectivity index (χ0v) is 10.1. The highest BCUT2D eigenvalue weighted by molar-refractivity contribution is 7.98. The number of aliphatic hydroxyl groups excluding tert-OH is 1. The average molecular weight is 226 g/mol. The summed E-state index contributed by atoms with van der Waals surface area (Å²) in [5.41, 5.74) is 0.900. The van der Waals surface area contributed by atoms with E-state index in [0.717, 1.165) is 30.1 Å². The fourth-order valence-electron chi connectivity index (χ4n) is 1.26. The van der Waals surface area contributed by atoms with E-state index in [1.54, 1.807) is 6.92 Å². The number of thioether (sulfide) groups is 1. The molecular weight excluding hydrogens is 208 g/mol. The highest BCUT2D eigenvalue weighted by Crippen LogP contribution is 2.18. The minimum absolute atomic E-state index is 0.431. The molecule has 0 spiro atoms. The molecule has 0 fully saturated rings. The first-order valence-electron chi connectivity index (χ1n) is 5.14. The van der Waals surface area contributed by atoms with E-state index in [2.05, 4.69) is 6.26 Å². The normalized spacial score (nSPS) is 12.5. The molecule has 15 heavy (non-hydrogen) atoms. The van der Waals surface area contributed by atoms with Crippen molar-refractivity contribution in [1.82, 2.24) is 0 Å². The predicted molar refractivity (Wildman–Crippen MR) is 65.6 cm³/mol. The average Bonchev–Trinajstić information content (AvgIpc) is 2.25. The molecule has 0 bridgehead atoms. The molecule has 1 aromatic rings. The van der Waals surface area contributed by atoms with Gasteiger partial charge in [-0.15, -0.1) is 0 Å². The van der Waals surface area contributed by atoms with Gasteiger partial charge >= 0.3 is 0 Å². The maximum Gasteiger partial charge on any atom is 0.119 e. The van der Waals surface area contributed by atoms with Crippen molar-refractivity contribution in [2.75, 3.05) is 18.6 Å². The van der Waals surface area contributed by atoms with Gasteiger partial charge in [-0.3, -0.25) is 0 Å². The Hall–Kier alpha value is -0.670. The van der Waals surface area contributed by atoms with Gasteiger partial charge in [0.15, 0.2) is 0 Å². The van der Waals surface area contributed by atoms with Gasteiger partial charge in [-0.25, -0.2) is 0 Å². The number of rotatable bonds is 6. The minimum Gasteiger partial charge on any atom is -0.494 e. The molecule has 1 rings (SSSR count). The van der Waals surface area contributed by atoms with Gasteiger partial charge < -0.3 is 9.84 Å². The first-order valence-corrected chi connectivity index (χ1v) is 6.53. The zero-order chi connectivity index (χ0) is 11.1. The van der Waals surface area contributed by atoms with Crippen molar-refractivity contribution in [2.24, 2.45) is 0 Å². The quantitative estimate of drug-likeness (QED) is 0.756. The van der Waals surface area contributed by atoms with Crippen LogP contribution in [0.25, 0.3) is 0 Å². The van der Waals surface area contributed by atoms with Gasteiger partial charge in [-0.2, -0.15) is 11.8 Å². The first kappa shape index (κ1) is 12.4. The third-order valence-electron chi connectivity index (χ3n) is 2.10. The summed E-state index contributed by atoms with van der Waals surface area (Å²) in [4.78, 5) is 0. The Labute approximate surface area is 95.7 Å². The van der Waals surface area contributed by atoms with E-state index in [0.29, 0.717) is 0 Å². The summed E-state index contributed by atoms with van der Waals surface area (Å²) in [5, 5.41) is 9.40. The molecule has 0 amide bonds. The lowest BCUT2D eigenvalue weighted by Crippen LogP contribution is -1.99.